The van der Waals surface area contributed by atoms with Crippen molar-refractivity contribution in [3.05, 3.63) is 65.7 Å². The predicted molar refractivity (Wildman–Crippen MR) is 111 cm³/mol. The molecule has 5 atom stereocenters. The van der Waals surface area contributed by atoms with Gasteiger partial charge in [-0.2, -0.15) is 0 Å². The highest BCUT2D eigenvalue weighted by Gasteiger charge is 2.74. The fourth-order valence-electron chi connectivity index (χ4n) is 5.63. The molecule has 0 aliphatic carbocycles. The van der Waals surface area contributed by atoms with E-state index in [1.165, 1.54) is 4.90 Å². The van der Waals surface area contributed by atoms with Crippen molar-refractivity contribution in [2.75, 3.05) is 5.32 Å². The number of nitrogens with zero attached hydrogens (tertiary/aromatic N) is 1. The van der Waals surface area contributed by atoms with Crippen molar-refractivity contribution in [1.29, 1.82) is 0 Å². The van der Waals surface area contributed by atoms with E-state index in [1.807, 2.05) is 73.8 Å². The first kappa shape index (κ1) is 19.0. The maximum atomic E-state index is 13.6. The van der Waals surface area contributed by atoms with Crippen LogP contribution in [0.3, 0.4) is 0 Å². The van der Waals surface area contributed by atoms with Crippen LogP contribution in [-0.4, -0.2) is 34.7 Å². The molecule has 5 rings (SSSR count). The Bertz CT molecular complexity index is 1040. The molecular weight excluding hydrogens is 378 g/mol. The number of nitrogens with one attached hydrogen (secondary N) is 1. The van der Waals surface area contributed by atoms with Gasteiger partial charge in [0.25, 0.3) is 5.91 Å². The van der Waals surface area contributed by atoms with Gasteiger partial charge in [0.15, 0.2) is 0 Å². The van der Waals surface area contributed by atoms with Gasteiger partial charge in [-0.15, -0.1) is 0 Å². The third kappa shape index (κ3) is 2.43. The number of likely N-dealkylation sites (tertiary alicyclic amines) is 1. The number of quaternary nitrogens is 1. The van der Waals surface area contributed by atoms with Crippen LogP contribution in [0.15, 0.2) is 54.6 Å². The monoisotopic (exact) mass is 404 g/mol. The number of para-hydroxylation sites is 1. The molecule has 30 heavy (non-hydrogen) atoms. The SMILES string of the molecule is CC[C@H](C)N1C(=O)[C@H]2[C@@H](C1=O)[C@@]1([NH2+][C@@H]2Cc2ccccc2)C(=O)Nc2ccccc21. The molecule has 2 fully saturated rings. The van der Waals surface area contributed by atoms with Crippen LogP contribution in [0.5, 0.6) is 0 Å². The van der Waals surface area contributed by atoms with Gasteiger partial charge in [-0.3, -0.25) is 19.3 Å². The van der Waals surface area contributed by atoms with E-state index in [0.29, 0.717) is 12.8 Å². The summed E-state index contributed by atoms with van der Waals surface area (Å²) in [5, 5.41) is 4.97. The van der Waals surface area contributed by atoms with Gasteiger partial charge < -0.3 is 10.6 Å². The van der Waals surface area contributed by atoms with E-state index in [4.69, 9.17) is 0 Å². The second kappa shape index (κ2) is 6.77. The first-order chi connectivity index (χ1) is 14.5. The second-order valence-corrected chi connectivity index (χ2v) is 8.70. The predicted octanol–water partition coefficient (Wildman–Crippen LogP) is 1.42. The molecule has 3 N–H and O–H groups in total. The quantitative estimate of drug-likeness (QED) is 0.756. The lowest BCUT2D eigenvalue weighted by Crippen LogP contribution is -2.99. The zero-order valence-electron chi connectivity index (χ0n) is 17.2. The lowest BCUT2D eigenvalue weighted by atomic mass is 9.76. The third-order valence-electron chi connectivity index (χ3n) is 7.16. The fraction of sp³-hybridized carbons (Fsp3) is 0.375. The molecule has 0 radical (unpaired) electrons. The zero-order valence-corrected chi connectivity index (χ0v) is 17.2. The highest BCUT2D eigenvalue weighted by molar-refractivity contribution is 6.14. The zero-order chi connectivity index (χ0) is 21.0. The Balaban J connectivity index is 1.64. The van der Waals surface area contributed by atoms with Crippen LogP contribution in [0, 0.1) is 11.8 Å². The first-order valence-corrected chi connectivity index (χ1v) is 10.7. The summed E-state index contributed by atoms with van der Waals surface area (Å²) in [5.74, 6) is -1.73. The van der Waals surface area contributed by atoms with E-state index in [2.05, 4.69) is 5.32 Å². The number of fused-ring (bicyclic) bond motifs is 4. The van der Waals surface area contributed by atoms with Gasteiger partial charge >= 0.3 is 0 Å². The van der Waals surface area contributed by atoms with Crippen LogP contribution < -0.4 is 10.6 Å². The number of rotatable bonds is 4. The fourth-order valence-corrected chi connectivity index (χ4v) is 5.63. The van der Waals surface area contributed by atoms with Gasteiger partial charge in [0.05, 0.1) is 5.69 Å². The summed E-state index contributed by atoms with van der Waals surface area (Å²) in [6.07, 6.45) is 1.33. The molecule has 0 aromatic heterocycles. The van der Waals surface area contributed by atoms with Gasteiger partial charge in [0, 0.05) is 18.0 Å². The minimum atomic E-state index is -1.09. The summed E-state index contributed by atoms with van der Waals surface area (Å²) in [6, 6.07) is 17.2. The van der Waals surface area contributed by atoms with Crippen molar-refractivity contribution in [2.45, 2.75) is 44.3 Å². The average Bonchev–Trinajstić information content (AvgIpc) is 3.33. The number of benzene rings is 2. The smallest absolute Gasteiger partial charge is 0.291 e. The van der Waals surface area contributed by atoms with E-state index in [-0.39, 0.29) is 29.8 Å². The molecule has 0 bridgehead atoms. The van der Waals surface area contributed by atoms with Crippen molar-refractivity contribution >= 4 is 23.4 Å². The second-order valence-electron chi connectivity index (χ2n) is 8.70. The molecule has 0 unspecified atom stereocenters. The molecule has 2 aromatic carbocycles. The molecular formula is C24H26N3O3+. The molecule has 0 saturated carbocycles. The standard InChI is InChI=1S/C24H25N3O3/c1-3-14(2)27-21(28)19-18(13-15-9-5-4-6-10-15)26-24(20(19)22(27)29)16-11-7-8-12-17(16)25-23(24)30/h4-12,14,18-20,26H,3,13H2,1-2H3,(H,25,30)/p+1/t14-,18+,19+,20-,24+/m0/s1. The summed E-state index contributed by atoms with van der Waals surface area (Å²) in [6.45, 7) is 3.88. The third-order valence-corrected chi connectivity index (χ3v) is 7.16. The highest BCUT2D eigenvalue weighted by Crippen LogP contribution is 2.49. The van der Waals surface area contributed by atoms with Crippen LogP contribution in [0.1, 0.15) is 31.4 Å². The van der Waals surface area contributed by atoms with E-state index in [0.717, 1.165) is 16.8 Å². The number of carbonyl (C=O) groups excluding carboxylic acids is 3. The van der Waals surface area contributed by atoms with E-state index in [1.54, 1.807) is 0 Å². The Kier molecular flexibility index (Phi) is 4.29. The van der Waals surface area contributed by atoms with Gasteiger partial charge in [0.2, 0.25) is 17.4 Å². The van der Waals surface area contributed by atoms with E-state index >= 15 is 0 Å². The van der Waals surface area contributed by atoms with Crippen molar-refractivity contribution in [3.8, 4) is 0 Å². The minimum Gasteiger partial charge on any atom is -0.326 e. The topological polar surface area (TPSA) is 83.1 Å². The number of anilines is 1. The summed E-state index contributed by atoms with van der Waals surface area (Å²) < 4.78 is 0. The molecule has 3 heterocycles. The number of imide groups is 1. The first-order valence-electron chi connectivity index (χ1n) is 10.7. The van der Waals surface area contributed by atoms with Gasteiger partial charge in [-0.05, 0) is 25.0 Å². The Morgan fingerprint density at radius 3 is 2.47 bits per heavy atom. The summed E-state index contributed by atoms with van der Waals surface area (Å²) in [4.78, 5) is 41.9. The van der Waals surface area contributed by atoms with Crippen molar-refractivity contribution in [2.24, 2.45) is 11.8 Å². The highest BCUT2D eigenvalue weighted by atomic mass is 16.2. The molecule has 3 amide bonds. The Morgan fingerprint density at radius 1 is 1.03 bits per heavy atom. The average molecular weight is 404 g/mol. The summed E-state index contributed by atoms with van der Waals surface area (Å²) >= 11 is 0. The van der Waals surface area contributed by atoms with Gasteiger partial charge in [-0.25, -0.2) is 0 Å². The Hall–Kier alpha value is -2.99. The van der Waals surface area contributed by atoms with E-state index < -0.39 is 17.4 Å². The normalized spacial score (nSPS) is 30.5. The van der Waals surface area contributed by atoms with Crippen LogP contribution in [0.2, 0.25) is 0 Å². The Morgan fingerprint density at radius 2 is 1.73 bits per heavy atom. The number of amides is 3. The largest absolute Gasteiger partial charge is 0.326 e. The number of hydrogen-bond acceptors (Lipinski definition) is 3. The van der Waals surface area contributed by atoms with Crippen molar-refractivity contribution in [1.82, 2.24) is 4.90 Å². The van der Waals surface area contributed by atoms with Crippen molar-refractivity contribution < 1.29 is 19.7 Å². The molecule has 2 saturated heterocycles. The van der Waals surface area contributed by atoms with Crippen LogP contribution in [0.25, 0.3) is 0 Å². The van der Waals surface area contributed by atoms with Gasteiger partial charge in [-0.1, -0.05) is 55.5 Å². The van der Waals surface area contributed by atoms with Crippen LogP contribution in [-0.2, 0) is 26.3 Å². The van der Waals surface area contributed by atoms with Crippen LogP contribution >= 0.6 is 0 Å². The molecule has 154 valence electrons. The summed E-state index contributed by atoms with van der Waals surface area (Å²) in [5.41, 5.74) is 1.56. The maximum Gasteiger partial charge on any atom is 0.291 e. The molecule has 3 aliphatic heterocycles. The molecule has 2 aromatic rings. The van der Waals surface area contributed by atoms with Gasteiger partial charge in [0.1, 0.15) is 17.9 Å². The maximum absolute atomic E-state index is 13.6. The molecule has 6 heteroatoms. The minimum absolute atomic E-state index is 0.134. The Labute approximate surface area is 175 Å². The van der Waals surface area contributed by atoms with Crippen LogP contribution in [0.4, 0.5) is 5.69 Å². The number of carbonyl (C=O) groups is 3. The lowest BCUT2D eigenvalue weighted by Gasteiger charge is -2.28. The number of hydrogen-bond donors (Lipinski definition) is 2. The molecule has 3 aliphatic rings. The molecule has 1 spiro atoms. The van der Waals surface area contributed by atoms with E-state index in [9.17, 15) is 14.4 Å². The molecule has 6 nitrogen and oxygen atoms in total. The number of nitrogens with two attached hydrogens (primary N) is 1. The van der Waals surface area contributed by atoms with Crippen molar-refractivity contribution in [3.63, 3.8) is 0 Å². The summed E-state index contributed by atoms with van der Waals surface area (Å²) in [7, 11) is 0. The lowest BCUT2D eigenvalue weighted by molar-refractivity contribution is -0.733.